The van der Waals surface area contributed by atoms with E-state index >= 15 is 0 Å². The molecule has 3 rings (SSSR count). The van der Waals surface area contributed by atoms with Gasteiger partial charge < -0.3 is 5.73 Å². The third-order valence-electron chi connectivity index (χ3n) is 3.00. The second kappa shape index (κ2) is 4.36. The molecular weight excluding hydrogens is 260 g/mol. The van der Waals surface area contributed by atoms with Gasteiger partial charge in [0.2, 0.25) is 4.96 Å². The van der Waals surface area contributed by atoms with E-state index in [1.54, 1.807) is 16.9 Å². The summed E-state index contributed by atoms with van der Waals surface area (Å²) in [6.07, 6.45) is 3.48. The molecule has 0 amide bonds. The number of fused-ring (bicyclic) bond motifs is 1. The van der Waals surface area contributed by atoms with E-state index in [1.807, 2.05) is 12.1 Å². The van der Waals surface area contributed by atoms with E-state index in [9.17, 15) is 0 Å². The molecule has 0 aliphatic carbocycles. The molecule has 0 fully saturated rings. The molecule has 0 aliphatic heterocycles. The first-order valence-electron chi connectivity index (χ1n) is 5.95. The van der Waals surface area contributed by atoms with Gasteiger partial charge >= 0.3 is 0 Å². The molecule has 7 heteroatoms. The van der Waals surface area contributed by atoms with E-state index in [2.05, 4.69) is 34.1 Å². The van der Waals surface area contributed by atoms with Gasteiger partial charge in [-0.25, -0.2) is 0 Å². The van der Waals surface area contributed by atoms with Crippen molar-refractivity contribution in [3.05, 3.63) is 29.5 Å². The summed E-state index contributed by atoms with van der Waals surface area (Å²) in [5.74, 6) is 0.707. The first-order chi connectivity index (χ1) is 9.12. The molecule has 0 aromatic carbocycles. The highest BCUT2D eigenvalue weighted by Crippen LogP contribution is 2.28. The lowest BCUT2D eigenvalue weighted by Crippen LogP contribution is -2.28. The van der Waals surface area contributed by atoms with Gasteiger partial charge in [0.15, 0.2) is 5.82 Å². The topological polar surface area (TPSA) is 82.0 Å². The Morgan fingerprint density at radius 2 is 2.21 bits per heavy atom. The lowest BCUT2D eigenvalue weighted by Gasteiger charge is -2.17. The first kappa shape index (κ1) is 12.2. The third-order valence-corrected chi connectivity index (χ3v) is 4.26. The van der Waals surface area contributed by atoms with Gasteiger partial charge in [0.1, 0.15) is 5.01 Å². The van der Waals surface area contributed by atoms with E-state index in [0.29, 0.717) is 12.4 Å². The van der Waals surface area contributed by atoms with Gasteiger partial charge in [0, 0.05) is 29.9 Å². The van der Waals surface area contributed by atoms with Gasteiger partial charge in [-0.05, 0) is 12.1 Å². The average Bonchev–Trinajstić information content (AvgIpc) is 2.99. The highest BCUT2D eigenvalue weighted by Gasteiger charge is 2.25. The second-order valence-electron chi connectivity index (χ2n) is 4.95. The number of rotatable bonds is 3. The molecule has 3 heterocycles. The van der Waals surface area contributed by atoms with E-state index in [4.69, 9.17) is 5.73 Å². The number of pyridine rings is 1. The number of hydrogen-bond acceptors (Lipinski definition) is 6. The second-order valence-corrected chi connectivity index (χ2v) is 5.91. The maximum Gasteiger partial charge on any atom is 0.234 e. The zero-order chi connectivity index (χ0) is 13.5. The van der Waals surface area contributed by atoms with Crippen molar-refractivity contribution in [3.8, 4) is 11.4 Å². The summed E-state index contributed by atoms with van der Waals surface area (Å²) in [5.41, 5.74) is 6.53. The molecule has 3 aromatic rings. The molecule has 0 saturated carbocycles. The van der Waals surface area contributed by atoms with Crippen LogP contribution in [0.4, 0.5) is 0 Å². The number of aromatic nitrogens is 5. The molecule has 0 radical (unpaired) electrons. The monoisotopic (exact) mass is 274 g/mol. The zero-order valence-corrected chi connectivity index (χ0v) is 11.6. The van der Waals surface area contributed by atoms with Crippen molar-refractivity contribution in [2.45, 2.75) is 19.3 Å². The van der Waals surface area contributed by atoms with E-state index in [0.717, 1.165) is 15.5 Å². The SMILES string of the molecule is CC(C)(CN)c1nn2c(-c3cccnc3)nnc2s1. The van der Waals surface area contributed by atoms with Crippen molar-refractivity contribution in [1.82, 2.24) is 24.8 Å². The Morgan fingerprint density at radius 1 is 1.37 bits per heavy atom. The summed E-state index contributed by atoms with van der Waals surface area (Å²) >= 11 is 1.52. The zero-order valence-electron chi connectivity index (χ0n) is 10.7. The Hall–Kier alpha value is -1.86. The molecule has 3 aromatic heterocycles. The maximum atomic E-state index is 5.79. The van der Waals surface area contributed by atoms with Crippen molar-refractivity contribution < 1.29 is 0 Å². The molecular formula is C12H14N6S. The minimum atomic E-state index is -0.155. The van der Waals surface area contributed by atoms with Crippen LogP contribution >= 0.6 is 11.3 Å². The third kappa shape index (κ3) is 2.00. The quantitative estimate of drug-likeness (QED) is 0.782. The van der Waals surface area contributed by atoms with Crippen LogP contribution in [0.1, 0.15) is 18.9 Å². The number of nitrogens with two attached hydrogens (primary N) is 1. The van der Waals surface area contributed by atoms with Crippen LogP contribution in [-0.2, 0) is 5.41 Å². The van der Waals surface area contributed by atoms with Crippen LogP contribution in [0, 0.1) is 0 Å². The van der Waals surface area contributed by atoms with Crippen LogP contribution < -0.4 is 5.73 Å². The van der Waals surface area contributed by atoms with E-state index in [1.165, 1.54) is 11.3 Å². The van der Waals surface area contributed by atoms with Gasteiger partial charge in [-0.2, -0.15) is 9.61 Å². The molecule has 6 nitrogen and oxygen atoms in total. The maximum absolute atomic E-state index is 5.79. The van der Waals surface area contributed by atoms with Crippen LogP contribution in [0.5, 0.6) is 0 Å². The fourth-order valence-corrected chi connectivity index (χ4v) is 2.60. The lowest BCUT2D eigenvalue weighted by atomic mass is 9.95. The van der Waals surface area contributed by atoms with Crippen molar-refractivity contribution in [2.75, 3.05) is 6.54 Å². The summed E-state index contributed by atoms with van der Waals surface area (Å²) in [6, 6.07) is 3.81. The summed E-state index contributed by atoms with van der Waals surface area (Å²) in [4.78, 5) is 4.87. The van der Waals surface area contributed by atoms with Crippen LogP contribution in [-0.4, -0.2) is 31.3 Å². The van der Waals surface area contributed by atoms with Crippen molar-refractivity contribution in [1.29, 1.82) is 0 Å². The molecule has 0 atom stereocenters. The minimum absolute atomic E-state index is 0.155. The van der Waals surface area contributed by atoms with Gasteiger partial charge in [-0.15, -0.1) is 10.2 Å². The molecule has 0 unspecified atom stereocenters. The van der Waals surface area contributed by atoms with Crippen molar-refractivity contribution in [3.63, 3.8) is 0 Å². The molecule has 98 valence electrons. The fraction of sp³-hybridized carbons (Fsp3) is 0.333. The Kier molecular flexibility index (Phi) is 2.79. The van der Waals surface area contributed by atoms with E-state index in [-0.39, 0.29) is 5.41 Å². The van der Waals surface area contributed by atoms with Crippen LogP contribution in [0.3, 0.4) is 0 Å². The van der Waals surface area contributed by atoms with E-state index < -0.39 is 0 Å². The Labute approximate surface area is 114 Å². The van der Waals surface area contributed by atoms with Gasteiger partial charge in [0.25, 0.3) is 0 Å². The summed E-state index contributed by atoms with van der Waals surface area (Å²) in [7, 11) is 0. The van der Waals surface area contributed by atoms with Crippen LogP contribution in [0.25, 0.3) is 16.3 Å². The predicted octanol–water partition coefficient (Wildman–Crippen LogP) is 1.48. The average molecular weight is 274 g/mol. The van der Waals surface area contributed by atoms with Gasteiger partial charge in [-0.3, -0.25) is 4.98 Å². The molecule has 19 heavy (non-hydrogen) atoms. The standard InChI is InChI=1S/C12H14N6S/c1-12(2,7-13)10-17-18-9(15-16-11(18)19-10)8-4-3-5-14-6-8/h3-6H,7,13H2,1-2H3. The number of nitrogens with zero attached hydrogens (tertiary/aromatic N) is 5. The predicted molar refractivity (Wildman–Crippen MR) is 74.0 cm³/mol. The highest BCUT2D eigenvalue weighted by atomic mass is 32.1. The largest absolute Gasteiger partial charge is 0.330 e. The van der Waals surface area contributed by atoms with Crippen LogP contribution in [0.15, 0.2) is 24.5 Å². The normalized spacial score (nSPS) is 12.2. The molecule has 0 aliphatic rings. The minimum Gasteiger partial charge on any atom is -0.330 e. The van der Waals surface area contributed by atoms with Gasteiger partial charge in [-0.1, -0.05) is 25.2 Å². The van der Waals surface area contributed by atoms with Crippen molar-refractivity contribution in [2.24, 2.45) is 5.73 Å². The molecule has 0 saturated heterocycles. The van der Waals surface area contributed by atoms with Gasteiger partial charge in [0.05, 0.1) is 0 Å². The Bertz CT molecular complexity index is 699. The molecule has 0 spiro atoms. The summed E-state index contributed by atoms with van der Waals surface area (Å²) in [5, 5.41) is 13.9. The van der Waals surface area contributed by atoms with Crippen molar-refractivity contribution >= 4 is 16.3 Å². The summed E-state index contributed by atoms with van der Waals surface area (Å²) < 4.78 is 1.76. The van der Waals surface area contributed by atoms with Crippen LogP contribution in [0.2, 0.25) is 0 Å². The summed E-state index contributed by atoms with van der Waals surface area (Å²) in [6.45, 7) is 4.68. The number of hydrogen-bond donors (Lipinski definition) is 1. The smallest absolute Gasteiger partial charge is 0.234 e. The first-order valence-corrected chi connectivity index (χ1v) is 6.76. The fourth-order valence-electron chi connectivity index (χ4n) is 1.65. The Morgan fingerprint density at radius 3 is 2.89 bits per heavy atom. The highest BCUT2D eigenvalue weighted by molar-refractivity contribution is 7.16. The Balaban J connectivity index is 2.14. The lowest BCUT2D eigenvalue weighted by molar-refractivity contribution is 0.527. The molecule has 2 N–H and O–H groups in total. The molecule has 0 bridgehead atoms.